The van der Waals surface area contributed by atoms with Crippen LogP contribution in [0.15, 0.2) is 134 Å². The number of hydrogen-bond acceptors (Lipinski definition) is 3. The molecule has 9 rings (SSSR count). The summed E-state index contributed by atoms with van der Waals surface area (Å²) in [5.41, 5.74) is 9.91. The van der Waals surface area contributed by atoms with E-state index < -0.39 is 0 Å². The van der Waals surface area contributed by atoms with Crippen molar-refractivity contribution in [2.24, 2.45) is 0 Å². The summed E-state index contributed by atoms with van der Waals surface area (Å²) in [5, 5.41) is 2.67. The lowest BCUT2D eigenvalue weighted by molar-refractivity contribution is 1.12. The Labute approximate surface area is 230 Å². The summed E-state index contributed by atoms with van der Waals surface area (Å²) >= 11 is 1.89. The number of thiophene rings is 1. The van der Waals surface area contributed by atoms with Gasteiger partial charge >= 0.3 is 7.12 Å². The number of benzene rings is 5. The second-order valence-corrected chi connectivity index (χ2v) is 11.3. The maximum Gasteiger partial charge on any atom is 0.518 e. The first-order valence-electron chi connectivity index (χ1n) is 13.3. The minimum absolute atomic E-state index is 0.0160. The zero-order valence-electron chi connectivity index (χ0n) is 21.0. The molecule has 2 aliphatic rings. The molecule has 0 atom stereocenters. The molecule has 0 fully saturated rings. The summed E-state index contributed by atoms with van der Waals surface area (Å²) in [6.45, 7) is 0. The Morgan fingerprint density at radius 1 is 0.538 bits per heavy atom. The van der Waals surface area contributed by atoms with Crippen LogP contribution in [0.4, 0.5) is 22.7 Å². The average molecular weight is 515 g/mol. The number of hydrogen-bond donors (Lipinski definition) is 0. The number of fused-ring (bicyclic) bond motifs is 11. The lowest BCUT2D eigenvalue weighted by atomic mass is 9.82. The summed E-state index contributed by atoms with van der Waals surface area (Å²) in [5.74, 6) is 0. The van der Waals surface area contributed by atoms with E-state index in [2.05, 4.69) is 148 Å². The number of anilines is 4. The van der Waals surface area contributed by atoms with Crippen LogP contribution in [0.25, 0.3) is 42.6 Å². The number of para-hydroxylation sites is 2. The molecule has 5 aromatic carbocycles. The summed E-state index contributed by atoms with van der Waals surface area (Å²) in [6, 6.07) is 46.4. The second kappa shape index (κ2) is 7.89. The highest BCUT2D eigenvalue weighted by Crippen LogP contribution is 2.53. The van der Waals surface area contributed by atoms with E-state index in [0.29, 0.717) is 0 Å². The van der Waals surface area contributed by atoms with Crippen molar-refractivity contribution in [3.05, 3.63) is 134 Å². The summed E-state index contributed by atoms with van der Waals surface area (Å²) in [4.78, 5) is 4.98. The summed E-state index contributed by atoms with van der Waals surface area (Å²) < 4.78 is 5.09. The van der Waals surface area contributed by atoms with Crippen molar-refractivity contribution in [3.63, 3.8) is 0 Å². The molecule has 0 saturated heterocycles. The molecule has 0 aliphatic carbocycles. The first-order valence-corrected chi connectivity index (χ1v) is 14.1. The maximum absolute atomic E-state index is 2.51. The van der Waals surface area contributed by atoms with Gasteiger partial charge in [-0.1, -0.05) is 78.9 Å². The van der Waals surface area contributed by atoms with E-state index in [1.807, 2.05) is 11.3 Å². The van der Waals surface area contributed by atoms with Gasteiger partial charge < -0.3 is 14.1 Å². The zero-order valence-corrected chi connectivity index (χ0v) is 21.8. The van der Waals surface area contributed by atoms with Gasteiger partial charge in [0.05, 0.1) is 11.4 Å². The molecule has 0 unspecified atom stereocenters. The van der Waals surface area contributed by atoms with Crippen molar-refractivity contribution in [2.45, 2.75) is 0 Å². The molecule has 0 amide bonds. The van der Waals surface area contributed by atoms with Crippen LogP contribution >= 0.6 is 11.3 Å². The molecular weight excluding hydrogens is 493 g/mol. The molecule has 7 aromatic rings. The first kappa shape index (κ1) is 21.2. The molecule has 0 radical (unpaired) electrons. The van der Waals surface area contributed by atoms with Crippen LogP contribution in [-0.2, 0) is 0 Å². The zero-order chi connectivity index (χ0) is 25.5. The fourth-order valence-corrected chi connectivity index (χ4v) is 7.75. The van der Waals surface area contributed by atoms with Crippen molar-refractivity contribution in [1.82, 2.24) is 4.48 Å². The molecule has 0 N–H and O–H groups in total. The van der Waals surface area contributed by atoms with E-state index in [1.54, 1.807) is 0 Å². The molecular formula is C34H22BN3S. The Kier molecular flexibility index (Phi) is 4.29. The van der Waals surface area contributed by atoms with Gasteiger partial charge in [0.25, 0.3) is 0 Å². The molecule has 39 heavy (non-hydrogen) atoms. The molecule has 0 saturated carbocycles. The molecule has 2 aliphatic heterocycles. The smallest absolute Gasteiger partial charge is 0.351 e. The van der Waals surface area contributed by atoms with Crippen LogP contribution in [0.2, 0.25) is 0 Å². The van der Waals surface area contributed by atoms with Gasteiger partial charge in [0.2, 0.25) is 0 Å². The highest BCUT2D eigenvalue weighted by molar-refractivity contribution is 7.26. The van der Waals surface area contributed by atoms with Crippen LogP contribution in [0, 0.1) is 0 Å². The fraction of sp³-hybridized carbons (Fsp3) is 0. The molecule has 0 bridgehead atoms. The molecule has 3 nitrogen and oxygen atoms in total. The predicted molar refractivity (Wildman–Crippen MR) is 167 cm³/mol. The van der Waals surface area contributed by atoms with Crippen LogP contribution in [-0.4, -0.2) is 11.6 Å². The van der Waals surface area contributed by atoms with Crippen LogP contribution in [0.3, 0.4) is 0 Å². The van der Waals surface area contributed by atoms with Gasteiger partial charge in [-0.25, -0.2) is 0 Å². The standard InChI is InChI=1S/C34H22BN3S/c1-2-10-24(11-3-1)37-31-20-19-23(25-14-8-15-27-26-12-5-7-18-33(26)39-34(25)27)22-32(31)38-30-16-6-4-13-28(30)29-17-9-21-36(29)35(37)38/h1-22H. The highest BCUT2D eigenvalue weighted by atomic mass is 32.1. The van der Waals surface area contributed by atoms with E-state index in [-0.39, 0.29) is 7.12 Å². The van der Waals surface area contributed by atoms with Gasteiger partial charge in [0.15, 0.2) is 0 Å². The van der Waals surface area contributed by atoms with Gasteiger partial charge in [0, 0.05) is 42.8 Å². The lowest BCUT2D eigenvalue weighted by Crippen LogP contribution is -2.51. The van der Waals surface area contributed by atoms with E-state index >= 15 is 0 Å². The summed E-state index contributed by atoms with van der Waals surface area (Å²) in [6.07, 6.45) is 2.21. The number of rotatable bonds is 2. The van der Waals surface area contributed by atoms with E-state index in [1.165, 1.54) is 65.3 Å². The predicted octanol–water partition coefficient (Wildman–Crippen LogP) is 9.33. The Morgan fingerprint density at radius 3 is 2.28 bits per heavy atom. The largest absolute Gasteiger partial charge is 0.518 e. The SMILES string of the molecule is c1ccc(N2B3N(c4ccccc4-c4cccn43)c3cc(-c4cccc5c4sc4ccccc45)ccc32)cc1. The van der Waals surface area contributed by atoms with Gasteiger partial charge in [-0.3, -0.25) is 0 Å². The van der Waals surface area contributed by atoms with Crippen LogP contribution in [0.1, 0.15) is 0 Å². The van der Waals surface area contributed by atoms with E-state index in [4.69, 9.17) is 0 Å². The monoisotopic (exact) mass is 515 g/mol. The second-order valence-electron chi connectivity index (χ2n) is 10.2. The van der Waals surface area contributed by atoms with Crippen molar-refractivity contribution >= 4 is 61.4 Å². The van der Waals surface area contributed by atoms with E-state index in [0.717, 1.165) is 0 Å². The molecule has 4 heterocycles. The molecule has 0 spiro atoms. The molecule has 5 heteroatoms. The normalized spacial score (nSPS) is 13.5. The van der Waals surface area contributed by atoms with Gasteiger partial charge in [0.1, 0.15) is 0 Å². The highest BCUT2D eigenvalue weighted by Gasteiger charge is 2.48. The van der Waals surface area contributed by atoms with Gasteiger partial charge in [-0.05, 0) is 65.9 Å². The molecule has 2 aromatic heterocycles. The average Bonchev–Trinajstić information content (AvgIpc) is 3.71. The number of nitrogens with zero attached hydrogens (tertiary/aromatic N) is 3. The third-order valence-corrected chi connectivity index (χ3v) is 9.39. The lowest BCUT2D eigenvalue weighted by Gasteiger charge is -2.36. The van der Waals surface area contributed by atoms with Crippen LogP contribution in [0.5, 0.6) is 0 Å². The Morgan fingerprint density at radius 2 is 1.33 bits per heavy atom. The number of aromatic nitrogens is 1. The summed E-state index contributed by atoms with van der Waals surface area (Å²) in [7, 11) is -0.0160. The first-order chi connectivity index (χ1) is 19.4. The Balaban J connectivity index is 1.31. The third-order valence-electron chi connectivity index (χ3n) is 8.17. The van der Waals surface area contributed by atoms with Gasteiger partial charge in [-0.2, -0.15) is 0 Å². The van der Waals surface area contributed by atoms with Crippen LogP contribution < -0.4 is 9.62 Å². The Hall–Kier alpha value is -4.74. The van der Waals surface area contributed by atoms with Crippen molar-refractivity contribution < 1.29 is 0 Å². The van der Waals surface area contributed by atoms with Crippen molar-refractivity contribution in [2.75, 3.05) is 9.62 Å². The van der Waals surface area contributed by atoms with Crippen molar-refractivity contribution in [3.8, 4) is 22.4 Å². The third kappa shape index (κ3) is 2.88. The maximum atomic E-state index is 2.51. The van der Waals surface area contributed by atoms with Crippen molar-refractivity contribution in [1.29, 1.82) is 0 Å². The molecule has 182 valence electrons. The minimum Gasteiger partial charge on any atom is -0.351 e. The topological polar surface area (TPSA) is 11.4 Å². The van der Waals surface area contributed by atoms with Gasteiger partial charge in [-0.15, -0.1) is 11.3 Å². The Bertz CT molecular complexity index is 2060. The minimum atomic E-state index is -0.0160. The fourth-order valence-electron chi connectivity index (χ4n) is 6.51. The quantitative estimate of drug-likeness (QED) is 0.213. The van der Waals surface area contributed by atoms with E-state index in [9.17, 15) is 0 Å².